The normalized spacial score (nSPS) is 17.9. The Bertz CT molecular complexity index is 736. The molecule has 0 radical (unpaired) electrons. The molecule has 0 aromatic carbocycles. The van der Waals surface area contributed by atoms with Crippen LogP contribution in [-0.2, 0) is 13.0 Å². The van der Waals surface area contributed by atoms with E-state index in [2.05, 4.69) is 17.5 Å². The van der Waals surface area contributed by atoms with E-state index in [1.54, 1.807) is 28.2 Å². The van der Waals surface area contributed by atoms with Crippen molar-refractivity contribution in [3.8, 4) is 0 Å². The first-order valence-electron chi connectivity index (χ1n) is 8.73. The highest BCUT2D eigenvalue weighted by Crippen LogP contribution is 2.24. The van der Waals surface area contributed by atoms with Gasteiger partial charge in [-0.2, -0.15) is 0 Å². The largest absolute Gasteiger partial charge is 0.336 e. The minimum Gasteiger partial charge on any atom is -0.336 e. The number of piperidine rings is 1. The Kier molecular flexibility index (Phi) is 5.51. The van der Waals surface area contributed by atoms with Crippen LogP contribution in [0.5, 0.6) is 0 Å². The predicted octanol–water partition coefficient (Wildman–Crippen LogP) is 3.56. The van der Waals surface area contributed by atoms with Crippen molar-refractivity contribution < 1.29 is 4.79 Å². The summed E-state index contributed by atoms with van der Waals surface area (Å²) in [6.45, 7) is 3.35. The minimum atomic E-state index is -0.101. The topological polar surface area (TPSA) is 42.3 Å². The number of aromatic nitrogens is 1. The third-order valence-electron chi connectivity index (χ3n) is 4.78. The maximum absolute atomic E-state index is 12.9. The minimum absolute atomic E-state index is 0.00577. The van der Waals surface area contributed by atoms with Crippen molar-refractivity contribution in [1.82, 2.24) is 9.47 Å². The molecule has 1 fully saturated rings. The smallest absolute Gasteiger partial charge is 0.254 e. The van der Waals surface area contributed by atoms with Gasteiger partial charge in [-0.05, 0) is 56.5 Å². The molecule has 1 atom stereocenters. The SMILES string of the molecule is CCn1ccc(C(=O)N2CCCCC2CCc2cccs2)cc1=O. The highest BCUT2D eigenvalue weighted by atomic mass is 32.1. The molecule has 1 unspecified atom stereocenters. The van der Waals surface area contributed by atoms with E-state index in [4.69, 9.17) is 0 Å². The number of thiophene rings is 1. The first-order valence-corrected chi connectivity index (χ1v) is 9.61. The summed E-state index contributed by atoms with van der Waals surface area (Å²) < 4.78 is 1.61. The van der Waals surface area contributed by atoms with Crippen molar-refractivity contribution in [3.05, 3.63) is 56.6 Å². The Morgan fingerprint density at radius 3 is 2.92 bits per heavy atom. The van der Waals surface area contributed by atoms with Gasteiger partial charge in [0, 0.05) is 41.8 Å². The number of carbonyl (C=O) groups excluding carboxylic acids is 1. The lowest BCUT2D eigenvalue weighted by molar-refractivity contribution is 0.0602. The van der Waals surface area contributed by atoms with Crippen LogP contribution in [0.1, 0.15) is 47.8 Å². The summed E-state index contributed by atoms with van der Waals surface area (Å²) in [7, 11) is 0. The lowest BCUT2D eigenvalue weighted by Crippen LogP contribution is -2.44. The second kappa shape index (κ2) is 7.79. The predicted molar refractivity (Wildman–Crippen MR) is 97.7 cm³/mol. The number of aryl methyl sites for hydroxylation is 2. The summed E-state index contributed by atoms with van der Waals surface area (Å²) in [6, 6.07) is 7.77. The number of pyridine rings is 1. The third kappa shape index (κ3) is 3.78. The molecule has 0 spiro atoms. The van der Waals surface area contributed by atoms with Crippen LogP contribution in [0.3, 0.4) is 0 Å². The molecular formula is C19H24N2O2S. The fourth-order valence-corrected chi connectivity index (χ4v) is 4.12. The first kappa shape index (κ1) is 17.0. The van der Waals surface area contributed by atoms with Gasteiger partial charge in [0.2, 0.25) is 0 Å². The number of hydrogen-bond acceptors (Lipinski definition) is 3. The van der Waals surface area contributed by atoms with Crippen molar-refractivity contribution in [3.63, 3.8) is 0 Å². The highest BCUT2D eigenvalue weighted by molar-refractivity contribution is 7.09. The standard InChI is InChI=1S/C19H24N2O2S/c1-2-20-12-10-15(14-18(20)22)19(23)21-11-4-3-6-16(21)8-9-17-7-5-13-24-17/h5,7,10,12-14,16H,2-4,6,8-9,11H2,1H3. The molecule has 0 bridgehead atoms. The van der Waals surface area contributed by atoms with Gasteiger partial charge in [0.1, 0.15) is 0 Å². The van der Waals surface area contributed by atoms with Gasteiger partial charge in [-0.25, -0.2) is 0 Å². The Hall–Kier alpha value is -1.88. The fourth-order valence-electron chi connectivity index (χ4n) is 3.40. The molecule has 0 N–H and O–H groups in total. The van der Waals surface area contributed by atoms with E-state index in [1.807, 2.05) is 11.8 Å². The summed E-state index contributed by atoms with van der Waals surface area (Å²) in [4.78, 5) is 28.3. The fraction of sp³-hybridized carbons (Fsp3) is 0.474. The quantitative estimate of drug-likeness (QED) is 0.832. The van der Waals surface area contributed by atoms with E-state index in [0.717, 1.165) is 32.2 Å². The van der Waals surface area contributed by atoms with Crippen LogP contribution in [0.15, 0.2) is 40.6 Å². The zero-order valence-electron chi connectivity index (χ0n) is 14.1. The van der Waals surface area contributed by atoms with E-state index in [0.29, 0.717) is 12.1 Å². The Morgan fingerprint density at radius 1 is 1.33 bits per heavy atom. The molecule has 0 aliphatic carbocycles. The zero-order valence-corrected chi connectivity index (χ0v) is 14.9. The molecule has 1 amide bonds. The molecule has 1 saturated heterocycles. The second-order valence-corrected chi connectivity index (χ2v) is 7.34. The number of hydrogen-bond donors (Lipinski definition) is 0. The number of nitrogens with zero attached hydrogens (tertiary/aromatic N) is 2. The average Bonchev–Trinajstić information content (AvgIpc) is 3.13. The van der Waals surface area contributed by atoms with E-state index in [-0.39, 0.29) is 17.5 Å². The van der Waals surface area contributed by atoms with Gasteiger partial charge in [0.25, 0.3) is 11.5 Å². The van der Waals surface area contributed by atoms with Crippen LogP contribution in [0, 0.1) is 0 Å². The average molecular weight is 344 g/mol. The molecule has 128 valence electrons. The summed E-state index contributed by atoms with van der Waals surface area (Å²) in [5.41, 5.74) is 0.420. The summed E-state index contributed by atoms with van der Waals surface area (Å²) >= 11 is 1.78. The lowest BCUT2D eigenvalue weighted by Gasteiger charge is -2.36. The van der Waals surface area contributed by atoms with Crippen LogP contribution in [0.2, 0.25) is 0 Å². The molecule has 4 nitrogen and oxygen atoms in total. The molecule has 5 heteroatoms. The molecule has 1 aliphatic rings. The third-order valence-corrected chi connectivity index (χ3v) is 5.71. The van der Waals surface area contributed by atoms with Gasteiger partial charge in [-0.3, -0.25) is 9.59 Å². The van der Waals surface area contributed by atoms with Gasteiger partial charge in [0.05, 0.1) is 0 Å². The summed E-state index contributed by atoms with van der Waals surface area (Å²) in [5, 5.41) is 2.10. The van der Waals surface area contributed by atoms with Crippen molar-refractivity contribution in [2.75, 3.05) is 6.54 Å². The Morgan fingerprint density at radius 2 is 2.21 bits per heavy atom. The lowest BCUT2D eigenvalue weighted by atomic mass is 9.96. The second-order valence-electron chi connectivity index (χ2n) is 6.31. The summed E-state index contributed by atoms with van der Waals surface area (Å²) in [5.74, 6) is 0.00577. The molecule has 24 heavy (non-hydrogen) atoms. The van der Waals surface area contributed by atoms with Gasteiger partial charge < -0.3 is 9.47 Å². The van der Waals surface area contributed by atoms with Crippen LogP contribution in [-0.4, -0.2) is 28.0 Å². The van der Waals surface area contributed by atoms with Gasteiger partial charge in [-0.15, -0.1) is 11.3 Å². The molecule has 1 aliphatic heterocycles. The molecule has 2 aromatic rings. The first-order chi connectivity index (χ1) is 11.7. The Labute approximate surface area is 146 Å². The van der Waals surface area contributed by atoms with Crippen molar-refractivity contribution >= 4 is 17.2 Å². The summed E-state index contributed by atoms with van der Waals surface area (Å²) in [6.07, 6.45) is 7.02. The van der Waals surface area contributed by atoms with E-state index >= 15 is 0 Å². The molecule has 3 heterocycles. The van der Waals surface area contributed by atoms with E-state index < -0.39 is 0 Å². The maximum atomic E-state index is 12.9. The van der Waals surface area contributed by atoms with Crippen molar-refractivity contribution in [2.45, 2.75) is 51.6 Å². The molecular weight excluding hydrogens is 320 g/mol. The number of likely N-dealkylation sites (tertiary alicyclic amines) is 1. The highest BCUT2D eigenvalue weighted by Gasteiger charge is 2.27. The number of carbonyl (C=O) groups is 1. The van der Waals surface area contributed by atoms with E-state index in [9.17, 15) is 9.59 Å². The zero-order chi connectivity index (χ0) is 16.9. The Balaban J connectivity index is 1.73. The van der Waals surface area contributed by atoms with Gasteiger partial charge >= 0.3 is 0 Å². The van der Waals surface area contributed by atoms with Gasteiger partial charge in [-0.1, -0.05) is 6.07 Å². The number of rotatable bonds is 5. The van der Waals surface area contributed by atoms with Crippen molar-refractivity contribution in [2.24, 2.45) is 0 Å². The van der Waals surface area contributed by atoms with E-state index in [1.165, 1.54) is 17.4 Å². The maximum Gasteiger partial charge on any atom is 0.254 e. The van der Waals surface area contributed by atoms with Crippen LogP contribution in [0.4, 0.5) is 0 Å². The molecule has 2 aromatic heterocycles. The molecule has 0 saturated carbocycles. The number of amides is 1. The van der Waals surface area contributed by atoms with Crippen LogP contribution >= 0.6 is 11.3 Å². The van der Waals surface area contributed by atoms with Crippen LogP contribution in [0.25, 0.3) is 0 Å². The molecule has 3 rings (SSSR count). The van der Waals surface area contributed by atoms with Crippen LogP contribution < -0.4 is 5.56 Å². The monoisotopic (exact) mass is 344 g/mol. The van der Waals surface area contributed by atoms with Crippen molar-refractivity contribution in [1.29, 1.82) is 0 Å². The van der Waals surface area contributed by atoms with Gasteiger partial charge in [0.15, 0.2) is 0 Å².